The van der Waals surface area contributed by atoms with E-state index in [1.807, 2.05) is 0 Å². The molecule has 1 aromatic carbocycles. The van der Waals surface area contributed by atoms with Crippen LogP contribution in [0.1, 0.15) is 0 Å². The van der Waals surface area contributed by atoms with Crippen LogP contribution in [-0.4, -0.2) is 24.3 Å². The van der Waals surface area contributed by atoms with Crippen molar-refractivity contribution in [3.05, 3.63) is 46.6 Å². The van der Waals surface area contributed by atoms with Crippen LogP contribution in [0.5, 0.6) is 5.75 Å². The number of benzene rings is 2. The minimum atomic E-state index is -0.127. The van der Waals surface area contributed by atoms with Crippen molar-refractivity contribution in [2.75, 3.05) is 14.2 Å². The molecule has 1 aliphatic carbocycles. The van der Waals surface area contributed by atoms with Crippen molar-refractivity contribution in [2.45, 2.75) is 0 Å². The van der Waals surface area contributed by atoms with Crippen molar-refractivity contribution < 1.29 is 14.3 Å². The lowest BCUT2D eigenvalue weighted by Crippen LogP contribution is -1.99. The first-order chi connectivity index (χ1) is 9.13. The Morgan fingerprint density at radius 2 is 1.89 bits per heavy atom. The molecule has 0 amide bonds. The first kappa shape index (κ1) is 13.0. The molecule has 0 spiro atoms. The molecule has 1 aliphatic heterocycles. The van der Waals surface area contributed by atoms with Gasteiger partial charge in [0.25, 0.3) is 0 Å². The second-order valence-corrected chi connectivity index (χ2v) is 3.90. The lowest BCUT2D eigenvalue weighted by atomic mass is 10.2. The average molecular weight is 259 g/mol. The first-order valence-corrected chi connectivity index (χ1v) is 5.58. The molecular weight excluding hydrogens is 246 g/mol. The fourth-order valence-corrected chi connectivity index (χ4v) is 1.59. The summed E-state index contributed by atoms with van der Waals surface area (Å²) in [6, 6.07) is 9.12. The number of nitrogens with zero attached hydrogens (tertiary/aromatic N) is 1. The van der Waals surface area contributed by atoms with Crippen LogP contribution in [0.3, 0.4) is 0 Å². The maximum Gasteiger partial charge on any atom is 0.182 e. The van der Waals surface area contributed by atoms with Gasteiger partial charge in [0.2, 0.25) is 0 Å². The van der Waals surface area contributed by atoms with Gasteiger partial charge in [-0.25, -0.2) is 4.98 Å². The van der Waals surface area contributed by atoms with Gasteiger partial charge in [0.05, 0.1) is 0 Å². The third-order valence-electron chi connectivity index (χ3n) is 2.34. The summed E-state index contributed by atoms with van der Waals surface area (Å²) >= 11 is 0. The Bertz CT molecular complexity index is 720. The lowest BCUT2D eigenvalue weighted by Gasteiger charge is -2.05. The standard InChI is InChI=1S/C12H7NO3.C2H6O/c14-7-1-3-9-11(5-7)16-12-6-8(15)2-4-10(12)13-9;1-3-2/h1-6,14H;1-2H3. The van der Waals surface area contributed by atoms with E-state index in [4.69, 9.17) is 4.42 Å². The number of hydrogen-bond acceptors (Lipinski definition) is 5. The van der Waals surface area contributed by atoms with Gasteiger partial charge in [-0.05, 0) is 24.3 Å². The van der Waals surface area contributed by atoms with E-state index in [1.165, 1.54) is 18.2 Å². The summed E-state index contributed by atoms with van der Waals surface area (Å²) in [6.07, 6.45) is 0. The fourth-order valence-electron chi connectivity index (χ4n) is 1.59. The third-order valence-corrected chi connectivity index (χ3v) is 2.34. The van der Waals surface area contributed by atoms with Gasteiger partial charge in [0.1, 0.15) is 17.0 Å². The summed E-state index contributed by atoms with van der Waals surface area (Å²) in [6.45, 7) is 0. The van der Waals surface area contributed by atoms with Gasteiger partial charge in [-0.3, -0.25) is 4.79 Å². The number of rotatable bonds is 0. The molecular formula is C14H13NO4. The van der Waals surface area contributed by atoms with Crippen molar-refractivity contribution in [3.63, 3.8) is 0 Å². The zero-order chi connectivity index (χ0) is 13.8. The Morgan fingerprint density at radius 1 is 1.16 bits per heavy atom. The molecule has 0 saturated heterocycles. The van der Waals surface area contributed by atoms with E-state index in [2.05, 4.69) is 9.72 Å². The maximum absolute atomic E-state index is 11.1. The summed E-state index contributed by atoms with van der Waals surface area (Å²) in [5.74, 6) is 0.529. The van der Waals surface area contributed by atoms with Gasteiger partial charge in [0, 0.05) is 26.4 Å². The Balaban J connectivity index is 0.000000408. The second-order valence-electron chi connectivity index (χ2n) is 3.90. The third kappa shape index (κ3) is 2.89. The number of hydrogen-bond donors (Lipinski definition) is 1. The van der Waals surface area contributed by atoms with Gasteiger partial charge >= 0.3 is 0 Å². The molecule has 1 N–H and O–H groups in total. The topological polar surface area (TPSA) is 72.6 Å². The highest BCUT2D eigenvalue weighted by atomic mass is 16.4. The predicted octanol–water partition coefficient (Wildman–Crippen LogP) is 2.26. The van der Waals surface area contributed by atoms with Crippen LogP contribution in [0.25, 0.3) is 22.6 Å². The van der Waals surface area contributed by atoms with E-state index in [1.54, 1.807) is 32.4 Å². The van der Waals surface area contributed by atoms with Crippen LogP contribution < -0.4 is 5.43 Å². The minimum Gasteiger partial charge on any atom is -0.508 e. The Morgan fingerprint density at radius 3 is 2.63 bits per heavy atom. The summed E-state index contributed by atoms with van der Waals surface area (Å²) in [7, 11) is 3.25. The quantitative estimate of drug-likeness (QED) is 0.627. The highest BCUT2D eigenvalue weighted by Gasteiger charge is 2.08. The van der Waals surface area contributed by atoms with E-state index in [0.717, 1.165) is 0 Å². The molecule has 5 heteroatoms. The molecule has 0 saturated carbocycles. The van der Waals surface area contributed by atoms with Gasteiger partial charge in [-0.1, -0.05) is 0 Å². The lowest BCUT2D eigenvalue weighted by molar-refractivity contribution is 0.277. The summed E-state index contributed by atoms with van der Waals surface area (Å²) in [5, 5.41) is 9.31. The van der Waals surface area contributed by atoms with Crippen LogP contribution in [-0.2, 0) is 4.74 Å². The molecule has 1 heterocycles. The number of methoxy groups -OCH3 is 1. The minimum absolute atomic E-state index is 0.107. The van der Waals surface area contributed by atoms with Gasteiger partial charge in [-0.15, -0.1) is 0 Å². The van der Waals surface area contributed by atoms with Crippen LogP contribution in [0.4, 0.5) is 0 Å². The molecule has 5 nitrogen and oxygen atoms in total. The number of ether oxygens (including phenoxy) is 1. The molecule has 0 radical (unpaired) electrons. The van der Waals surface area contributed by atoms with Gasteiger partial charge < -0.3 is 14.3 Å². The first-order valence-electron chi connectivity index (χ1n) is 5.58. The second kappa shape index (κ2) is 5.49. The van der Waals surface area contributed by atoms with E-state index in [9.17, 15) is 9.90 Å². The molecule has 0 bridgehead atoms. The average Bonchev–Trinajstić information content (AvgIpc) is 2.37. The zero-order valence-corrected chi connectivity index (χ0v) is 10.6. The Labute approximate surface area is 109 Å². The largest absolute Gasteiger partial charge is 0.508 e. The van der Waals surface area contributed by atoms with Crippen LogP contribution in [0.15, 0.2) is 45.6 Å². The van der Waals surface area contributed by atoms with Crippen molar-refractivity contribution in [2.24, 2.45) is 0 Å². The number of fused-ring (bicyclic) bond motifs is 2. The molecule has 0 atom stereocenters. The Hall–Kier alpha value is -2.40. The number of phenols is 1. The predicted molar refractivity (Wildman–Crippen MR) is 71.5 cm³/mol. The van der Waals surface area contributed by atoms with E-state index in [-0.39, 0.29) is 11.2 Å². The molecule has 3 rings (SSSR count). The van der Waals surface area contributed by atoms with Crippen LogP contribution >= 0.6 is 0 Å². The number of aromatic hydroxyl groups is 1. The molecule has 19 heavy (non-hydrogen) atoms. The van der Waals surface area contributed by atoms with E-state index < -0.39 is 0 Å². The highest BCUT2D eigenvalue weighted by Crippen LogP contribution is 2.25. The molecule has 0 unspecified atom stereocenters. The van der Waals surface area contributed by atoms with E-state index >= 15 is 0 Å². The highest BCUT2D eigenvalue weighted by molar-refractivity contribution is 5.77. The molecule has 2 aliphatic rings. The molecule has 98 valence electrons. The van der Waals surface area contributed by atoms with E-state index in [0.29, 0.717) is 22.6 Å². The smallest absolute Gasteiger partial charge is 0.182 e. The van der Waals surface area contributed by atoms with Crippen molar-refractivity contribution in [1.29, 1.82) is 0 Å². The normalized spacial score (nSPS) is 10.2. The SMILES string of the molecule is COC.O=c1ccc2nc3ccc(O)cc3oc-2c1. The number of phenolic OH excluding ortho intramolecular Hbond substituents is 1. The molecule has 1 aromatic rings. The monoisotopic (exact) mass is 259 g/mol. The van der Waals surface area contributed by atoms with Crippen molar-refractivity contribution in [1.82, 2.24) is 4.98 Å². The van der Waals surface area contributed by atoms with Crippen molar-refractivity contribution in [3.8, 4) is 17.2 Å². The summed E-state index contributed by atoms with van der Waals surface area (Å²) < 4.78 is 9.74. The zero-order valence-electron chi connectivity index (χ0n) is 10.6. The maximum atomic E-state index is 11.1. The van der Waals surface area contributed by atoms with Crippen molar-refractivity contribution >= 4 is 11.1 Å². The van der Waals surface area contributed by atoms with Crippen LogP contribution in [0.2, 0.25) is 0 Å². The molecule has 0 aromatic heterocycles. The Kier molecular flexibility index (Phi) is 3.77. The number of aromatic nitrogens is 1. The van der Waals surface area contributed by atoms with Crippen LogP contribution in [0, 0.1) is 0 Å². The van der Waals surface area contributed by atoms with Gasteiger partial charge in [-0.2, -0.15) is 0 Å². The summed E-state index contributed by atoms with van der Waals surface area (Å²) in [5.41, 5.74) is 1.59. The molecule has 0 fully saturated rings. The summed E-state index contributed by atoms with van der Waals surface area (Å²) in [4.78, 5) is 15.5. The van der Waals surface area contributed by atoms with Gasteiger partial charge in [0.15, 0.2) is 16.8 Å². The fraction of sp³-hybridized carbons (Fsp3) is 0.143.